The summed E-state index contributed by atoms with van der Waals surface area (Å²) in [7, 11) is 0. The molecular formula is C15H14FNO2. The third-order valence-electron chi connectivity index (χ3n) is 2.75. The lowest BCUT2D eigenvalue weighted by Crippen LogP contribution is -2.22. The van der Waals surface area contributed by atoms with Gasteiger partial charge in [-0.05, 0) is 29.3 Å². The second-order valence-electron chi connectivity index (χ2n) is 4.17. The first-order chi connectivity index (χ1) is 9.19. The van der Waals surface area contributed by atoms with Crippen LogP contribution in [0.15, 0.2) is 48.5 Å². The SMILES string of the molecule is O=C(NCc1ccc(CO)cc1)c1cccc(F)c1. The van der Waals surface area contributed by atoms with Gasteiger partial charge in [-0.25, -0.2) is 4.39 Å². The minimum absolute atomic E-state index is 0.00404. The Kier molecular flexibility index (Phi) is 4.26. The Morgan fingerprint density at radius 1 is 1.11 bits per heavy atom. The van der Waals surface area contributed by atoms with E-state index >= 15 is 0 Å². The van der Waals surface area contributed by atoms with Crippen LogP contribution in [-0.2, 0) is 13.2 Å². The molecule has 0 radical (unpaired) electrons. The van der Waals surface area contributed by atoms with Gasteiger partial charge < -0.3 is 10.4 Å². The second kappa shape index (κ2) is 6.11. The minimum Gasteiger partial charge on any atom is -0.392 e. The van der Waals surface area contributed by atoms with Crippen LogP contribution in [0.4, 0.5) is 4.39 Å². The summed E-state index contributed by atoms with van der Waals surface area (Å²) in [6, 6.07) is 12.8. The van der Waals surface area contributed by atoms with E-state index in [1.807, 2.05) is 12.1 Å². The predicted molar refractivity (Wildman–Crippen MR) is 69.9 cm³/mol. The van der Waals surface area contributed by atoms with E-state index in [2.05, 4.69) is 5.32 Å². The number of aliphatic hydroxyl groups excluding tert-OH is 1. The monoisotopic (exact) mass is 259 g/mol. The van der Waals surface area contributed by atoms with Crippen LogP contribution in [0.1, 0.15) is 21.5 Å². The van der Waals surface area contributed by atoms with Gasteiger partial charge in [0.05, 0.1) is 6.61 Å². The molecule has 4 heteroatoms. The zero-order valence-electron chi connectivity index (χ0n) is 10.3. The fourth-order valence-electron chi connectivity index (χ4n) is 1.68. The van der Waals surface area contributed by atoms with Crippen LogP contribution in [-0.4, -0.2) is 11.0 Å². The first-order valence-corrected chi connectivity index (χ1v) is 5.91. The molecular weight excluding hydrogens is 245 g/mol. The molecule has 19 heavy (non-hydrogen) atoms. The summed E-state index contributed by atoms with van der Waals surface area (Å²) in [4.78, 5) is 11.8. The quantitative estimate of drug-likeness (QED) is 0.884. The molecule has 2 aromatic carbocycles. The van der Waals surface area contributed by atoms with Crippen molar-refractivity contribution in [3.63, 3.8) is 0 Å². The van der Waals surface area contributed by atoms with Gasteiger partial charge in [0.2, 0.25) is 0 Å². The van der Waals surface area contributed by atoms with Crippen LogP contribution in [0.3, 0.4) is 0 Å². The molecule has 0 heterocycles. The Balaban J connectivity index is 1.96. The van der Waals surface area contributed by atoms with Gasteiger partial charge in [0.15, 0.2) is 0 Å². The van der Waals surface area contributed by atoms with Crippen molar-refractivity contribution < 1.29 is 14.3 Å². The number of benzene rings is 2. The molecule has 2 rings (SSSR count). The van der Waals surface area contributed by atoms with E-state index in [0.717, 1.165) is 11.1 Å². The summed E-state index contributed by atoms with van der Waals surface area (Å²) in [5.74, 6) is -0.745. The van der Waals surface area contributed by atoms with E-state index < -0.39 is 5.82 Å². The Morgan fingerprint density at radius 3 is 2.42 bits per heavy atom. The fraction of sp³-hybridized carbons (Fsp3) is 0.133. The Labute approximate surface area is 110 Å². The summed E-state index contributed by atoms with van der Waals surface area (Å²) >= 11 is 0. The lowest BCUT2D eigenvalue weighted by atomic mass is 10.1. The van der Waals surface area contributed by atoms with Crippen LogP contribution in [0.5, 0.6) is 0 Å². The average Bonchev–Trinajstić information content (AvgIpc) is 2.45. The molecule has 0 aliphatic rings. The van der Waals surface area contributed by atoms with Crippen molar-refractivity contribution in [3.8, 4) is 0 Å². The molecule has 0 saturated carbocycles. The number of nitrogens with one attached hydrogen (secondary N) is 1. The Bertz CT molecular complexity index is 567. The van der Waals surface area contributed by atoms with Crippen molar-refractivity contribution in [3.05, 3.63) is 71.0 Å². The molecule has 3 nitrogen and oxygen atoms in total. The van der Waals surface area contributed by atoms with Gasteiger partial charge in [-0.1, -0.05) is 30.3 Å². The molecule has 0 aliphatic heterocycles. The third kappa shape index (κ3) is 3.63. The number of carbonyl (C=O) groups is 1. The lowest BCUT2D eigenvalue weighted by molar-refractivity contribution is 0.0950. The molecule has 0 unspecified atom stereocenters. The molecule has 0 aliphatic carbocycles. The van der Waals surface area contributed by atoms with Crippen molar-refractivity contribution in [1.82, 2.24) is 5.32 Å². The van der Waals surface area contributed by atoms with Gasteiger partial charge >= 0.3 is 0 Å². The molecule has 2 aromatic rings. The highest BCUT2D eigenvalue weighted by molar-refractivity contribution is 5.94. The molecule has 98 valence electrons. The number of hydrogen-bond donors (Lipinski definition) is 2. The molecule has 0 aromatic heterocycles. The number of aliphatic hydroxyl groups is 1. The van der Waals surface area contributed by atoms with Crippen molar-refractivity contribution in [1.29, 1.82) is 0 Å². The molecule has 0 bridgehead atoms. The molecule has 0 atom stereocenters. The topological polar surface area (TPSA) is 49.3 Å². The highest BCUT2D eigenvalue weighted by Crippen LogP contribution is 2.06. The van der Waals surface area contributed by atoms with Crippen molar-refractivity contribution >= 4 is 5.91 Å². The first-order valence-electron chi connectivity index (χ1n) is 5.91. The van der Waals surface area contributed by atoms with Crippen LogP contribution in [0.2, 0.25) is 0 Å². The zero-order chi connectivity index (χ0) is 13.7. The van der Waals surface area contributed by atoms with Gasteiger partial charge in [-0.3, -0.25) is 4.79 Å². The first kappa shape index (κ1) is 13.2. The van der Waals surface area contributed by atoms with E-state index in [9.17, 15) is 9.18 Å². The maximum absolute atomic E-state index is 13.0. The molecule has 1 amide bonds. The molecule has 2 N–H and O–H groups in total. The summed E-state index contributed by atoms with van der Waals surface area (Å²) in [6.45, 7) is 0.358. The van der Waals surface area contributed by atoms with Gasteiger partial charge in [0.25, 0.3) is 5.91 Å². The molecule has 0 spiro atoms. The molecule has 0 saturated heterocycles. The van der Waals surface area contributed by atoms with Crippen LogP contribution >= 0.6 is 0 Å². The minimum atomic E-state index is -0.431. The summed E-state index contributed by atoms with van der Waals surface area (Å²) in [6.07, 6.45) is 0. The van der Waals surface area contributed by atoms with Gasteiger partial charge in [-0.15, -0.1) is 0 Å². The number of carbonyl (C=O) groups excluding carboxylic acids is 1. The van der Waals surface area contributed by atoms with E-state index in [4.69, 9.17) is 5.11 Å². The van der Waals surface area contributed by atoms with Crippen molar-refractivity contribution in [2.24, 2.45) is 0 Å². The number of rotatable bonds is 4. The lowest BCUT2D eigenvalue weighted by Gasteiger charge is -2.06. The zero-order valence-corrected chi connectivity index (χ0v) is 10.3. The summed E-state index contributed by atoms with van der Waals surface area (Å²) in [5.41, 5.74) is 2.04. The van der Waals surface area contributed by atoms with Gasteiger partial charge in [0.1, 0.15) is 5.82 Å². The van der Waals surface area contributed by atoms with Crippen LogP contribution in [0.25, 0.3) is 0 Å². The Morgan fingerprint density at radius 2 is 1.79 bits per heavy atom. The van der Waals surface area contributed by atoms with Crippen LogP contribution in [0, 0.1) is 5.82 Å². The van der Waals surface area contributed by atoms with E-state index in [1.165, 1.54) is 18.2 Å². The fourth-order valence-corrected chi connectivity index (χ4v) is 1.68. The summed E-state index contributed by atoms with van der Waals surface area (Å²) < 4.78 is 13.0. The Hall–Kier alpha value is -2.20. The predicted octanol–water partition coefficient (Wildman–Crippen LogP) is 2.25. The number of hydrogen-bond acceptors (Lipinski definition) is 2. The van der Waals surface area contributed by atoms with Crippen molar-refractivity contribution in [2.75, 3.05) is 0 Å². The smallest absolute Gasteiger partial charge is 0.251 e. The van der Waals surface area contributed by atoms with Crippen molar-refractivity contribution in [2.45, 2.75) is 13.2 Å². The van der Waals surface area contributed by atoms with Crippen LogP contribution < -0.4 is 5.32 Å². The summed E-state index contributed by atoms with van der Waals surface area (Å²) in [5, 5.41) is 11.6. The molecule has 0 fully saturated rings. The highest BCUT2D eigenvalue weighted by atomic mass is 19.1. The second-order valence-corrected chi connectivity index (χ2v) is 4.17. The normalized spacial score (nSPS) is 10.2. The third-order valence-corrected chi connectivity index (χ3v) is 2.75. The van der Waals surface area contributed by atoms with Gasteiger partial charge in [-0.2, -0.15) is 0 Å². The maximum Gasteiger partial charge on any atom is 0.251 e. The number of amides is 1. The number of halogens is 1. The maximum atomic E-state index is 13.0. The van der Waals surface area contributed by atoms with E-state index in [0.29, 0.717) is 12.1 Å². The van der Waals surface area contributed by atoms with E-state index in [1.54, 1.807) is 18.2 Å². The highest BCUT2D eigenvalue weighted by Gasteiger charge is 2.05. The van der Waals surface area contributed by atoms with E-state index in [-0.39, 0.29) is 12.5 Å². The standard InChI is InChI=1S/C15H14FNO2/c16-14-3-1-2-13(8-14)15(19)17-9-11-4-6-12(10-18)7-5-11/h1-8,18H,9-10H2,(H,17,19). The van der Waals surface area contributed by atoms with Gasteiger partial charge in [0, 0.05) is 12.1 Å². The average molecular weight is 259 g/mol. The largest absolute Gasteiger partial charge is 0.392 e.